The van der Waals surface area contributed by atoms with E-state index in [-0.39, 0.29) is 5.92 Å². The Morgan fingerprint density at radius 3 is 2.50 bits per heavy atom. The van der Waals surface area contributed by atoms with E-state index < -0.39 is 23.1 Å². The van der Waals surface area contributed by atoms with Gasteiger partial charge >= 0.3 is 0 Å². The molecule has 6 heteroatoms. The minimum atomic E-state index is -0.833. The molecule has 2 aromatic carbocycles. The second-order valence-corrected chi connectivity index (χ2v) is 6.86. The van der Waals surface area contributed by atoms with Crippen molar-refractivity contribution in [3.8, 4) is 11.4 Å². The molecular weight excluding hydrogens is 360 g/mol. The van der Waals surface area contributed by atoms with Crippen LogP contribution in [0, 0.1) is 11.6 Å². The molecule has 1 aliphatic rings. The molecule has 0 N–H and O–H groups in total. The molecule has 0 unspecified atom stereocenters. The van der Waals surface area contributed by atoms with Gasteiger partial charge in [-0.1, -0.05) is 36.4 Å². The Morgan fingerprint density at radius 2 is 1.75 bits per heavy atom. The lowest BCUT2D eigenvalue weighted by Crippen LogP contribution is -2.40. The van der Waals surface area contributed by atoms with Gasteiger partial charge in [-0.15, -0.1) is 0 Å². The maximum absolute atomic E-state index is 14.0. The molecule has 3 aromatic rings. The highest BCUT2D eigenvalue weighted by molar-refractivity contribution is 5.94. The zero-order valence-electron chi connectivity index (χ0n) is 15.2. The summed E-state index contributed by atoms with van der Waals surface area (Å²) in [5.74, 6) is -1.65. The average molecular weight is 379 g/mol. The van der Waals surface area contributed by atoms with E-state index >= 15 is 0 Å². The molecule has 1 aromatic heterocycles. The SMILES string of the molecule is O=C(c1c(F)cccc1F)N1CCC[C@@H](c2ccnc(-c3ccccc3)n2)C1. The van der Waals surface area contributed by atoms with Crippen LogP contribution in [0.2, 0.25) is 0 Å². The lowest BCUT2D eigenvalue weighted by atomic mass is 9.94. The number of aromatic nitrogens is 2. The van der Waals surface area contributed by atoms with Crippen molar-refractivity contribution >= 4 is 5.91 Å². The summed E-state index contributed by atoms with van der Waals surface area (Å²) in [5.41, 5.74) is 1.26. The van der Waals surface area contributed by atoms with Crippen LogP contribution < -0.4 is 0 Å². The van der Waals surface area contributed by atoms with Gasteiger partial charge in [-0.3, -0.25) is 4.79 Å². The zero-order chi connectivity index (χ0) is 19.5. The van der Waals surface area contributed by atoms with Crippen LogP contribution in [-0.4, -0.2) is 33.9 Å². The summed E-state index contributed by atoms with van der Waals surface area (Å²) in [7, 11) is 0. The van der Waals surface area contributed by atoms with Gasteiger partial charge < -0.3 is 4.90 Å². The number of piperidine rings is 1. The van der Waals surface area contributed by atoms with Crippen molar-refractivity contribution in [2.75, 3.05) is 13.1 Å². The summed E-state index contributed by atoms with van der Waals surface area (Å²) >= 11 is 0. The Labute approximate surface area is 161 Å². The van der Waals surface area contributed by atoms with Gasteiger partial charge in [0.1, 0.15) is 17.2 Å². The second kappa shape index (κ2) is 7.84. The molecule has 2 heterocycles. The third-order valence-corrected chi connectivity index (χ3v) is 5.01. The number of hydrogen-bond acceptors (Lipinski definition) is 3. The molecule has 0 saturated carbocycles. The number of benzene rings is 2. The number of likely N-dealkylation sites (tertiary alicyclic amines) is 1. The van der Waals surface area contributed by atoms with Crippen molar-refractivity contribution in [2.45, 2.75) is 18.8 Å². The molecular formula is C22H19F2N3O. The molecule has 4 rings (SSSR count). The van der Waals surface area contributed by atoms with E-state index in [1.165, 1.54) is 11.0 Å². The first-order chi connectivity index (χ1) is 13.6. The molecule has 0 aliphatic carbocycles. The van der Waals surface area contributed by atoms with E-state index in [4.69, 9.17) is 0 Å². The summed E-state index contributed by atoms with van der Waals surface area (Å²) in [6.07, 6.45) is 3.31. The van der Waals surface area contributed by atoms with Gasteiger partial charge in [-0.25, -0.2) is 18.7 Å². The van der Waals surface area contributed by atoms with Crippen LogP contribution >= 0.6 is 0 Å². The zero-order valence-corrected chi connectivity index (χ0v) is 15.2. The Bertz CT molecular complexity index is 974. The van der Waals surface area contributed by atoms with Crippen LogP contribution in [0.3, 0.4) is 0 Å². The highest BCUT2D eigenvalue weighted by Gasteiger charge is 2.29. The van der Waals surface area contributed by atoms with Crippen molar-refractivity contribution in [2.24, 2.45) is 0 Å². The fourth-order valence-electron chi connectivity index (χ4n) is 3.59. The molecule has 1 atom stereocenters. The van der Waals surface area contributed by atoms with E-state index in [0.29, 0.717) is 18.9 Å². The van der Waals surface area contributed by atoms with E-state index in [1.54, 1.807) is 6.20 Å². The van der Waals surface area contributed by atoms with E-state index in [0.717, 1.165) is 36.2 Å². The van der Waals surface area contributed by atoms with Gasteiger partial charge in [-0.05, 0) is 31.0 Å². The number of amides is 1. The van der Waals surface area contributed by atoms with Crippen LogP contribution in [0.5, 0.6) is 0 Å². The molecule has 142 valence electrons. The van der Waals surface area contributed by atoms with Crippen LogP contribution in [-0.2, 0) is 0 Å². The maximum Gasteiger partial charge on any atom is 0.259 e. The minimum absolute atomic E-state index is 0.00185. The maximum atomic E-state index is 14.0. The number of hydrogen-bond donors (Lipinski definition) is 0. The topological polar surface area (TPSA) is 46.1 Å². The molecule has 1 aliphatic heterocycles. The molecule has 1 saturated heterocycles. The fraction of sp³-hybridized carbons (Fsp3) is 0.227. The summed E-state index contributed by atoms with van der Waals surface area (Å²) in [4.78, 5) is 23.2. The van der Waals surface area contributed by atoms with Crippen molar-refractivity contribution in [3.63, 3.8) is 0 Å². The molecule has 0 bridgehead atoms. The van der Waals surface area contributed by atoms with E-state index in [2.05, 4.69) is 9.97 Å². The monoisotopic (exact) mass is 379 g/mol. The van der Waals surface area contributed by atoms with Crippen LogP contribution in [0.15, 0.2) is 60.8 Å². The summed E-state index contributed by atoms with van der Waals surface area (Å²) < 4.78 is 28.0. The Morgan fingerprint density at radius 1 is 1.00 bits per heavy atom. The largest absolute Gasteiger partial charge is 0.338 e. The van der Waals surface area contributed by atoms with E-state index in [9.17, 15) is 13.6 Å². The van der Waals surface area contributed by atoms with Crippen molar-refractivity contribution in [3.05, 3.63) is 83.7 Å². The van der Waals surface area contributed by atoms with Gasteiger partial charge in [0.2, 0.25) is 0 Å². The molecule has 1 amide bonds. The van der Waals surface area contributed by atoms with Crippen LogP contribution in [0.25, 0.3) is 11.4 Å². The standard InChI is InChI=1S/C22H19F2N3O/c23-17-9-4-10-18(24)20(17)22(28)27-13-5-8-16(14-27)19-11-12-25-21(26-19)15-6-2-1-3-7-15/h1-4,6-7,9-12,16H,5,8,13-14H2/t16-/m1/s1. The minimum Gasteiger partial charge on any atom is -0.338 e. The molecule has 0 radical (unpaired) electrons. The van der Waals surface area contributed by atoms with Crippen LogP contribution in [0.4, 0.5) is 8.78 Å². The predicted octanol–water partition coefficient (Wildman–Crippen LogP) is 4.44. The quantitative estimate of drug-likeness (QED) is 0.676. The Hall–Kier alpha value is -3.15. The first-order valence-corrected chi connectivity index (χ1v) is 9.25. The highest BCUT2D eigenvalue weighted by atomic mass is 19.1. The lowest BCUT2D eigenvalue weighted by molar-refractivity contribution is 0.0696. The van der Waals surface area contributed by atoms with Gasteiger partial charge in [0.15, 0.2) is 5.82 Å². The molecule has 0 spiro atoms. The third-order valence-electron chi connectivity index (χ3n) is 5.01. The average Bonchev–Trinajstić information content (AvgIpc) is 2.74. The third kappa shape index (κ3) is 3.63. The Balaban J connectivity index is 1.57. The first kappa shape index (κ1) is 18.2. The van der Waals surface area contributed by atoms with Gasteiger partial charge in [0.25, 0.3) is 5.91 Å². The van der Waals surface area contributed by atoms with Gasteiger partial charge in [0, 0.05) is 36.5 Å². The number of rotatable bonds is 3. The number of halogens is 2. The summed E-state index contributed by atoms with van der Waals surface area (Å²) in [6.45, 7) is 0.845. The lowest BCUT2D eigenvalue weighted by Gasteiger charge is -2.32. The van der Waals surface area contributed by atoms with Crippen molar-refractivity contribution in [1.82, 2.24) is 14.9 Å². The number of carbonyl (C=O) groups excluding carboxylic acids is 1. The van der Waals surface area contributed by atoms with Crippen molar-refractivity contribution < 1.29 is 13.6 Å². The van der Waals surface area contributed by atoms with Crippen LogP contribution in [0.1, 0.15) is 34.8 Å². The first-order valence-electron chi connectivity index (χ1n) is 9.25. The predicted molar refractivity (Wildman–Crippen MR) is 102 cm³/mol. The Kier molecular flexibility index (Phi) is 5.10. The van der Waals surface area contributed by atoms with E-state index in [1.807, 2.05) is 36.4 Å². The molecule has 4 nitrogen and oxygen atoms in total. The number of nitrogens with zero attached hydrogens (tertiary/aromatic N) is 3. The smallest absolute Gasteiger partial charge is 0.259 e. The van der Waals surface area contributed by atoms with Gasteiger partial charge in [-0.2, -0.15) is 0 Å². The van der Waals surface area contributed by atoms with Crippen molar-refractivity contribution in [1.29, 1.82) is 0 Å². The fourth-order valence-corrected chi connectivity index (χ4v) is 3.59. The number of carbonyl (C=O) groups is 1. The summed E-state index contributed by atoms with van der Waals surface area (Å²) in [6, 6.07) is 15.0. The summed E-state index contributed by atoms with van der Waals surface area (Å²) in [5, 5.41) is 0. The van der Waals surface area contributed by atoms with Gasteiger partial charge in [0.05, 0.1) is 0 Å². The highest BCUT2D eigenvalue weighted by Crippen LogP contribution is 2.28. The molecule has 28 heavy (non-hydrogen) atoms. The second-order valence-electron chi connectivity index (χ2n) is 6.86. The normalized spacial score (nSPS) is 16.8. The molecule has 1 fully saturated rings.